The summed E-state index contributed by atoms with van der Waals surface area (Å²) in [4.78, 5) is 59.8. The number of carboxylic acids is 2. The second-order valence-corrected chi connectivity index (χ2v) is 9.96. The zero-order chi connectivity index (χ0) is 26.9. The number of nitrogens with zero attached hydrogens (tertiary/aromatic N) is 5. The van der Waals surface area contributed by atoms with Crippen molar-refractivity contribution in [1.82, 2.24) is 30.8 Å². The van der Waals surface area contributed by atoms with E-state index in [1.165, 1.54) is 12.1 Å². The number of H-pyrrole nitrogens is 1. The van der Waals surface area contributed by atoms with Crippen LogP contribution in [0.15, 0.2) is 40.7 Å². The Morgan fingerprint density at radius 3 is 2.46 bits per heavy atom. The van der Waals surface area contributed by atoms with Crippen molar-refractivity contribution in [3.8, 4) is 0 Å². The van der Waals surface area contributed by atoms with Crippen LogP contribution in [0.25, 0.3) is 0 Å². The summed E-state index contributed by atoms with van der Waals surface area (Å²) in [7, 11) is 0. The number of carbonyl (C=O) groups excluding carboxylic acids is 4. The largest absolute Gasteiger partial charge is 1.00 e. The van der Waals surface area contributed by atoms with E-state index >= 15 is 0 Å². The number of aliphatic hydroxyl groups is 1. The number of aliphatic hydroxyl groups excluding tert-OH is 1. The Morgan fingerprint density at radius 2 is 1.92 bits per heavy atom. The van der Waals surface area contributed by atoms with E-state index in [0.717, 1.165) is 40.6 Å². The van der Waals surface area contributed by atoms with Gasteiger partial charge in [-0.15, -0.1) is 22.0 Å². The number of nitro benzene ring substituents is 1. The Balaban J connectivity index is 0.00000267. The van der Waals surface area contributed by atoms with Crippen molar-refractivity contribution in [3.63, 3.8) is 0 Å². The fraction of sp³-hybridized carbons (Fsp3) is 0.316. The molecule has 1 fully saturated rings. The number of amides is 2. The second-order valence-electron chi connectivity index (χ2n) is 7.69. The Bertz CT molecular complexity index is 1300. The van der Waals surface area contributed by atoms with Gasteiger partial charge in [-0.2, -0.15) is 5.21 Å². The molecular formula is C19H15K2N7O9S2. The van der Waals surface area contributed by atoms with Crippen LogP contribution in [-0.2, 0) is 19.2 Å². The van der Waals surface area contributed by atoms with Crippen LogP contribution in [0, 0.1) is 10.1 Å². The maximum absolute atomic E-state index is 12.9. The summed E-state index contributed by atoms with van der Waals surface area (Å²) >= 11 is 1.88. The van der Waals surface area contributed by atoms with Gasteiger partial charge in [0.2, 0.25) is 5.16 Å². The maximum Gasteiger partial charge on any atom is 1.00 e. The minimum absolute atomic E-state index is 0. The fourth-order valence-corrected chi connectivity index (χ4v) is 6.28. The molecule has 4 atom stereocenters. The van der Waals surface area contributed by atoms with Gasteiger partial charge in [0.15, 0.2) is 6.10 Å². The molecule has 3 heterocycles. The average Bonchev–Trinajstić information content (AvgIpc) is 3.38. The smallest absolute Gasteiger partial charge is 0.550 e. The molecule has 0 saturated carbocycles. The van der Waals surface area contributed by atoms with Gasteiger partial charge in [0.25, 0.3) is 17.5 Å². The predicted octanol–water partition coefficient (Wildman–Crippen LogP) is -9.15. The van der Waals surface area contributed by atoms with Crippen LogP contribution in [0.3, 0.4) is 0 Å². The minimum atomic E-state index is -1.75. The predicted molar refractivity (Wildman–Crippen MR) is 119 cm³/mol. The maximum atomic E-state index is 12.9. The van der Waals surface area contributed by atoms with Crippen LogP contribution >= 0.6 is 23.5 Å². The number of carboxylic acid groups (broad SMARTS) is 2. The summed E-state index contributed by atoms with van der Waals surface area (Å²) < 4.78 is 0. The molecule has 0 bridgehead atoms. The van der Waals surface area contributed by atoms with E-state index in [4.69, 9.17) is 0 Å². The molecule has 2 aromatic rings. The van der Waals surface area contributed by atoms with Gasteiger partial charge in [-0.05, 0) is 28.5 Å². The Hall–Kier alpha value is -0.757. The molecule has 0 radical (unpaired) electrons. The van der Waals surface area contributed by atoms with Crippen molar-refractivity contribution in [2.24, 2.45) is 0 Å². The standard InChI is InChI=1S/C19H17N7O9S2.2K/c27-11(28)5-10(37-19-21-23-24-22-19)9-6-36-17-12(16(31)25(17)13(9)18(32)33)20-15(30)14(29)7-1-3-8(4-2-7)26(34)35;;/h1-4,10,12,14,17,29H,5-6H2,(H,20,30)(H,27,28)(H,32,33)(H,21,22,23,24);;/q;2*+1/p-2/t10?,12?,14?,17-;;/m0../s1. The molecule has 2 aliphatic rings. The number of aliphatic carboxylic acids is 2. The number of benzene rings is 1. The van der Waals surface area contributed by atoms with Gasteiger partial charge in [-0.25, -0.2) is 0 Å². The molecule has 4 rings (SSSR count). The summed E-state index contributed by atoms with van der Waals surface area (Å²) in [6.07, 6.45) is -2.36. The van der Waals surface area contributed by atoms with Crippen molar-refractivity contribution in [1.29, 1.82) is 0 Å². The van der Waals surface area contributed by atoms with Gasteiger partial charge in [0.1, 0.15) is 11.4 Å². The van der Waals surface area contributed by atoms with Crippen molar-refractivity contribution in [3.05, 3.63) is 51.2 Å². The molecule has 39 heavy (non-hydrogen) atoms. The van der Waals surface area contributed by atoms with Gasteiger partial charge in [-0.3, -0.25) is 24.6 Å². The second kappa shape index (κ2) is 14.9. The van der Waals surface area contributed by atoms with Crippen molar-refractivity contribution >= 4 is 53.0 Å². The van der Waals surface area contributed by atoms with E-state index in [1.54, 1.807) is 0 Å². The van der Waals surface area contributed by atoms with E-state index in [1.807, 2.05) is 0 Å². The first-order valence-corrected chi connectivity index (χ1v) is 12.2. The Kier molecular flexibility index (Phi) is 13.2. The van der Waals surface area contributed by atoms with Crippen LogP contribution in [-0.4, -0.2) is 81.7 Å². The number of nitro groups is 1. The number of thioether (sulfide) groups is 2. The van der Waals surface area contributed by atoms with Gasteiger partial charge in [0, 0.05) is 35.5 Å². The van der Waals surface area contributed by atoms with Crippen LogP contribution < -0.4 is 118 Å². The first-order chi connectivity index (χ1) is 17.6. The van der Waals surface area contributed by atoms with E-state index in [-0.39, 0.29) is 131 Å². The van der Waals surface area contributed by atoms with Crippen LogP contribution in [0.2, 0.25) is 0 Å². The normalized spacial score (nSPS) is 19.4. The van der Waals surface area contributed by atoms with E-state index in [2.05, 4.69) is 25.9 Å². The van der Waals surface area contributed by atoms with E-state index < -0.39 is 63.6 Å². The number of hydrogen-bond acceptors (Lipinski definition) is 14. The molecule has 0 aliphatic carbocycles. The first-order valence-electron chi connectivity index (χ1n) is 10.3. The summed E-state index contributed by atoms with van der Waals surface area (Å²) in [5.74, 6) is -5.01. The number of carbonyl (C=O) groups is 4. The van der Waals surface area contributed by atoms with Gasteiger partial charge in [-0.1, -0.05) is 11.8 Å². The average molecular weight is 628 g/mol. The third-order valence-electron chi connectivity index (χ3n) is 5.47. The number of aromatic nitrogens is 4. The summed E-state index contributed by atoms with van der Waals surface area (Å²) in [6.45, 7) is 0. The van der Waals surface area contributed by atoms with Crippen LogP contribution in [0.4, 0.5) is 5.69 Å². The van der Waals surface area contributed by atoms with Gasteiger partial charge in [0.05, 0.1) is 16.6 Å². The number of tetrazole rings is 1. The van der Waals surface area contributed by atoms with E-state index in [9.17, 15) is 44.6 Å². The molecule has 2 amide bonds. The van der Waals surface area contributed by atoms with Crippen LogP contribution in [0.5, 0.6) is 0 Å². The van der Waals surface area contributed by atoms with Gasteiger partial charge >= 0.3 is 103 Å². The number of rotatable bonds is 10. The molecule has 1 aromatic carbocycles. The molecule has 1 aromatic heterocycles. The summed E-state index contributed by atoms with van der Waals surface area (Å²) in [5.41, 5.74) is -0.655. The number of non-ortho nitro benzene ring substituents is 1. The molecule has 1 saturated heterocycles. The fourth-order valence-electron chi connectivity index (χ4n) is 3.76. The topological polar surface area (TPSA) is 247 Å². The molecule has 3 unspecified atom stereocenters. The number of β-lactam (4-membered cyclic amide) rings is 1. The van der Waals surface area contributed by atoms with E-state index in [0.29, 0.717) is 0 Å². The molecule has 0 spiro atoms. The number of nitrogens with one attached hydrogen (secondary N) is 2. The Morgan fingerprint density at radius 1 is 1.26 bits per heavy atom. The zero-order valence-corrected chi connectivity index (χ0v) is 28.2. The minimum Gasteiger partial charge on any atom is -0.550 e. The quantitative estimate of drug-likeness (QED) is 0.0728. The molecule has 16 nitrogen and oxygen atoms in total. The Labute approximate surface area is 312 Å². The molecule has 194 valence electrons. The molecule has 2 aliphatic heterocycles. The monoisotopic (exact) mass is 627 g/mol. The number of fused-ring (bicyclic) bond motifs is 1. The van der Waals surface area contributed by atoms with Crippen molar-refractivity contribution < 1.29 is 142 Å². The summed E-state index contributed by atoms with van der Waals surface area (Å²) in [6, 6.07) is 3.40. The number of aromatic amines is 1. The van der Waals surface area contributed by atoms with Crippen LogP contribution in [0.1, 0.15) is 18.1 Å². The van der Waals surface area contributed by atoms with Gasteiger partial charge < -0.3 is 30.2 Å². The van der Waals surface area contributed by atoms with Crippen molar-refractivity contribution in [2.75, 3.05) is 5.75 Å². The van der Waals surface area contributed by atoms with Crippen molar-refractivity contribution in [2.45, 2.75) is 34.3 Å². The third-order valence-corrected chi connectivity index (χ3v) is 7.89. The summed E-state index contributed by atoms with van der Waals surface area (Å²) in [5, 5.41) is 57.9. The molecule has 3 N–H and O–H groups in total. The zero-order valence-electron chi connectivity index (χ0n) is 20.3. The molecular weight excluding hydrogens is 613 g/mol. The third kappa shape index (κ3) is 7.75. The SMILES string of the molecule is O=C([O-])CC(Sc1nn[nH]n1)C1=C(C(=O)[O-])N2C(=O)C(NC(=O)C(O)c3ccc([N+](=O)[O-])cc3)[C@@H]2SC1.[K+].[K+]. The first kappa shape index (κ1) is 34.4. The number of hydrogen-bond donors (Lipinski definition) is 3. The molecule has 20 heteroatoms.